The van der Waals surface area contributed by atoms with Gasteiger partial charge >= 0.3 is 41.8 Å². The maximum absolute atomic E-state index is 10.9. The predicted octanol–water partition coefficient (Wildman–Crippen LogP) is 8.65. The molecule has 0 unspecified atom stereocenters. The fourth-order valence-electron chi connectivity index (χ4n) is 9.37. The number of ether oxygens (including phenoxy) is 2. The van der Waals surface area contributed by atoms with Gasteiger partial charge in [-0.05, 0) is 65.8 Å². The SMILES string of the molecule is CC(C)Nc1ncnc(C(=O)O)c1Cl.CCNc1ncnc(C(=O)O)c1Cl.CNc1ncnc(C(=O)O)c1Cl.O=C(O)c1ncnc(N2CCCC2)c1Cl.O=C(O)c1ncnc(N2CCCCC2)c1Cl.O=C(O)c1ncnc(N2CCOCC2)c1Cl.O=C(O)c1ncnc(NCCCN2CCOCC2)c1Cl. The van der Waals surface area contributed by atoms with E-state index in [4.69, 9.17) is 126 Å². The first-order valence-electron chi connectivity index (χ1n) is 31.8. The lowest BCUT2D eigenvalue weighted by molar-refractivity contribution is 0.0378. The molecule has 11 N–H and O–H groups in total. The van der Waals surface area contributed by atoms with Crippen LogP contribution in [0.2, 0.25) is 35.2 Å². The van der Waals surface area contributed by atoms with Crippen molar-refractivity contribution in [1.82, 2.24) is 74.7 Å². The molecule has 11 heterocycles. The molecule has 4 saturated heterocycles. The summed E-state index contributed by atoms with van der Waals surface area (Å²) in [5, 5.41) is 73.4. The number of morpholine rings is 2. The fourth-order valence-corrected chi connectivity index (χ4v) is 11.3. The standard InChI is InChI=1S/C12H17ClN4O3.C10H12ClN3O2.C9H10ClN3O3.C9H10ClN3O2.C8H10ClN3O2.C7H8ClN3O2.C6H6ClN3O2/c13-9-10(12(18)19)15-8-16-11(9)14-2-1-3-17-4-6-20-7-5-17;11-7-8(10(15)16)12-6-13-9(7)14-4-2-1-3-5-14;10-6-7(9(14)15)11-5-12-8(6)13-1-3-16-4-2-13;10-6-7(9(14)15)11-5-12-8(6)13-3-1-2-4-13;1-4(2)12-7-5(9)6(8(13)14)10-3-11-7;1-2-9-6-4(8)5(7(12)13)10-3-11-6;1-8-5-3(7)4(6(11)12)9-2-10-5/h8H,1-7H2,(H,18,19)(H,14,15,16);6H,1-5H2,(H,15,16);5H,1-4H2,(H,14,15);5H,1-4H2,(H,14,15);3-4H,1-2H3,(H,13,14)(H,10,11,12);3H,2H2,1H3,(H,12,13)(H,9,10,11);2H,1H3,(H,11,12)(H,8,9,10). The molecule has 4 fully saturated rings. The van der Waals surface area contributed by atoms with E-state index in [1.807, 2.05) is 35.5 Å². The highest BCUT2D eigenvalue weighted by Crippen LogP contribution is 2.31. The van der Waals surface area contributed by atoms with E-state index in [0.717, 1.165) is 104 Å². The van der Waals surface area contributed by atoms with Crippen LogP contribution in [0.5, 0.6) is 0 Å². The topological polar surface area (TPSA) is 521 Å². The van der Waals surface area contributed by atoms with Crippen LogP contribution in [0.25, 0.3) is 0 Å². The van der Waals surface area contributed by atoms with Gasteiger partial charge in [-0.25, -0.2) is 103 Å². The minimum atomic E-state index is -1.17. The van der Waals surface area contributed by atoms with Crippen molar-refractivity contribution in [2.24, 2.45) is 0 Å². The summed E-state index contributed by atoms with van der Waals surface area (Å²) in [7, 11) is 1.60. The van der Waals surface area contributed by atoms with E-state index >= 15 is 0 Å². The summed E-state index contributed by atoms with van der Waals surface area (Å²) in [4.78, 5) is 136. The molecule has 7 aromatic rings. The van der Waals surface area contributed by atoms with Crippen molar-refractivity contribution in [1.29, 1.82) is 0 Å². The summed E-state index contributed by atoms with van der Waals surface area (Å²) in [6.45, 7) is 17.4. The number of carbonyl (C=O) groups is 7. The second kappa shape index (κ2) is 45.0. The van der Waals surface area contributed by atoms with Gasteiger partial charge in [-0.1, -0.05) is 81.2 Å². The van der Waals surface area contributed by atoms with Gasteiger partial charge in [0.25, 0.3) is 0 Å². The lowest BCUT2D eigenvalue weighted by atomic mass is 10.1. The van der Waals surface area contributed by atoms with Crippen LogP contribution >= 0.6 is 81.2 Å². The molecule has 572 valence electrons. The van der Waals surface area contributed by atoms with Gasteiger partial charge < -0.3 is 81.2 Å². The molecule has 0 spiro atoms. The van der Waals surface area contributed by atoms with E-state index in [-0.39, 0.29) is 81.1 Å². The first-order chi connectivity index (χ1) is 50.6. The Morgan fingerprint density at radius 2 is 0.670 bits per heavy atom. The van der Waals surface area contributed by atoms with Crippen LogP contribution in [0.1, 0.15) is 133 Å². The van der Waals surface area contributed by atoms with Crippen LogP contribution in [0.15, 0.2) is 44.3 Å². The molecule has 0 amide bonds. The Balaban J connectivity index is 0.000000223. The van der Waals surface area contributed by atoms with Gasteiger partial charge in [0, 0.05) is 78.5 Å². The quantitative estimate of drug-likeness (QED) is 0.0318. The molecule has 106 heavy (non-hydrogen) atoms. The first kappa shape index (κ1) is 87.0. The third kappa shape index (κ3) is 26.7. The highest BCUT2D eigenvalue weighted by Gasteiger charge is 2.26. The summed E-state index contributed by atoms with van der Waals surface area (Å²) in [5.41, 5.74) is -1.19. The number of nitrogens with zero attached hydrogens (tertiary/aromatic N) is 18. The summed E-state index contributed by atoms with van der Waals surface area (Å²) in [6, 6.07) is 0.129. The van der Waals surface area contributed by atoms with E-state index in [9.17, 15) is 33.6 Å². The van der Waals surface area contributed by atoms with Crippen molar-refractivity contribution in [2.75, 3.05) is 141 Å². The Morgan fingerprint density at radius 1 is 0.387 bits per heavy atom. The maximum atomic E-state index is 10.9. The molecule has 11 rings (SSSR count). The van der Waals surface area contributed by atoms with Gasteiger partial charge in [-0.3, -0.25) is 4.90 Å². The number of carboxylic acid groups (broad SMARTS) is 7. The Labute approximate surface area is 639 Å². The maximum Gasteiger partial charge on any atom is 0.356 e. The van der Waals surface area contributed by atoms with Gasteiger partial charge in [0.1, 0.15) is 103 Å². The Hall–Kier alpha value is -9.64. The van der Waals surface area contributed by atoms with E-state index in [1.54, 1.807) is 7.05 Å². The number of anilines is 7. The zero-order chi connectivity index (χ0) is 78.0. The third-order valence-electron chi connectivity index (χ3n) is 14.3. The van der Waals surface area contributed by atoms with Crippen molar-refractivity contribution < 1.29 is 78.8 Å². The van der Waals surface area contributed by atoms with Crippen molar-refractivity contribution >= 4 is 164 Å². The monoisotopic (exact) mass is 1610 g/mol. The molecular formula is C61H73Cl7N22O16. The second-order valence-electron chi connectivity index (χ2n) is 21.9. The molecule has 38 nitrogen and oxygen atoms in total. The van der Waals surface area contributed by atoms with Crippen molar-refractivity contribution in [2.45, 2.75) is 65.3 Å². The molecule has 0 atom stereocenters. The Kier molecular flexibility index (Phi) is 36.9. The second-order valence-corrected chi connectivity index (χ2v) is 24.6. The average Bonchev–Trinajstić information content (AvgIpc) is 0.872. The lowest BCUT2D eigenvalue weighted by Crippen LogP contribution is -2.37. The predicted molar refractivity (Wildman–Crippen MR) is 391 cm³/mol. The van der Waals surface area contributed by atoms with Gasteiger partial charge in [-0.15, -0.1) is 0 Å². The van der Waals surface area contributed by atoms with Crippen molar-refractivity contribution in [3.8, 4) is 0 Å². The summed E-state index contributed by atoms with van der Waals surface area (Å²) >= 11 is 40.9. The molecule has 0 aliphatic carbocycles. The number of hydrogen-bond donors (Lipinski definition) is 11. The molecule has 0 bridgehead atoms. The summed E-state index contributed by atoms with van der Waals surface area (Å²) in [5.74, 6) is -5.16. The molecule has 4 aliphatic rings. The highest BCUT2D eigenvalue weighted by atomic mass is 35.5. The van der Waals surface area contributed by atoms with E-state index in [1.165, 1.54) is 38.1 Å². The molecule has 0 aromatic carbocycles. The summed E-state index contributed by atoms with van der Waals surface area (Å²) < 4.78 is 10.5. The fraction of sp³-hybridized carbons (Fsp3) is 0.426. The molecular weight excluding hydrogens is 1540 g/mol. The highest BCUT2D eigenvalue weighted by molar-refractivity contribution is 6.38. The van der Waals surface area contributed by atoms with E-state index in [0.29, 0.717) is 80.1 Å². The van der Waals surface area contributed by atoms with Crippen molar-refractivity contribution in [3.05, 3.63) is 119 Å². The number of halogens is 7. The number of aromatic nitrogens is 14. The number of nitrogens with one attached hydrogen (secondary N) is 4. The zero-order valence-electron chi connectivity index (χ0n) is 57.0. The number of rotatable bonds is 20. The van der Waals surface area contributed by atoms with Crippen LogP contribution in [0.4, 0.5) is 40.7 Å². The van der Waals surface area contributed by atoms with E-state index < -0.39 is 41.8 Å². The number of hydrogen-bond acceptors (Lipinski definition) is 31. The molecule has 0 radical (unpaired) electrons. The molecule has 7 aromatic heterocycles. The summed E-state index contributed by atoms with van der Waals surface area (Å²) in [6.07, 6.45) is 14.8. The van der Waals surface area contributed by atoms with Gasteiger partial charge in [0.15, 0.2) is 57.3 Å². The van der Waals surface area contributed by atoms with Gasteiger partial charge in [0.05, 0.1) is 26.4 Å². The molecule has 45 heteroatoms. The zero-order valence-corrected chi connectivity index (χ0v) is 62.3. The molecule has 0 saturated carbocycles. The normalized spacial score (nSPS) is 13.8. The van der Waals surface area contributed by atoms with Crippen LogP contribution < -0.4 is 36.0 Å². The molecule has 4 aliphatic heterocycles. The lowest BCUT2D eigenvalue weighted by Gasteiger charge is -2.28. The minimum absolute atomic E-state index is 0.0208. The third-order valence-corrected chi connectivity index (χ3v) is 16.8. The van der Waals surface area contributed by atoms with E-state index in [2.05, 4.69) is 95.9 Å². The Morgan fingerprint density at radius 3 is 1.01 bits per heavy atom. The number of carboxylic acids is 7. The number of piperidine rings is 1. The number of aromatic carboxylic acids is 7. The minimum Gasteiger partial charge on any atom is -0.476 e. The van der Waals surface area contributed by atoms with Crippen LogP contribution in [0, 0.1) is 0 Å². The smallest absolute Gasteiger partial charge is 0.356 e. The van der Waals surface area contributed by atoms with Crippen LogP contribution in [-0.2, 0) is 9.47 Å². The first-order valence-corrected chi connectivity index (χ1v) is 34.5. The Bertz CT molecular complexity index is 4030. The average molecular weight is 1620 g/mol. The van der Waals surface area contributed by atoms with Gasteiger partial charge in [0.2, 0.25) is 0 Å². The van der Waals surface area contributed by atoms with Crippen LogP contribution in [0.3, 0.4) is 0 Å². The van der Waals surface area contributed by atoms with Crippen LogP contribution in [-0.4, -0.2) is 264 Å². The largest absolute Gasteiger partial charge is 0.476 e. The van der Waals surface area contributed by atoms with Crippen molar-refractivity contribution in [3.63, 3.8) is 0 Å². The van der Waals surface area contributed by atoms with Gasteiger partial charge in [-0.2, -0.15) is 0 Å².